The highest BCUT2D eigenvalue weighted by molar-refractivity contribution is 8.18. The fraction of sp³-hybridized carbons (Fsp3) is 0.217. The number of esters is 1. The van der Waals surface area contributed by atoms with Crippen molar-refractivity contribution < 1.29 is 24.1 Å². The fourth-order valence-corrected chi connectivity index (χ4v) is 3.85. The molecule has 0 radical (unpaired) electrons. The number of aliphatic hydroxyl groups excluding tert-OH is 1. The Labute approximate surface area is 179 Å². The number of hydrogen-bond donors (Lipinski definition) is 1. The zero-order chi connectivity index (χ0) is 21.5. The van der Waals surface area contributed by atoms with Gasteiger partial charge in [0.25, 0.3) is 0 Å². The number of para-hydroxylation sites is 1. The second kappa shape index (κ2) is 10.0. The summed E-state index contributed by atoms with van der Waals surface area (Å²) in [6.45, 7) is 4.31. The third-order valence-corrected chi connectivity index (χ3v) is 5.16. The van der Waals surface area contributed by atoms with Gasteiger partial charge in [0, 0.05) is 0 Å². The molecule has 156 valence electrons. The predicted octanol–water partition coefficient (Wildman–Crippen LogP) is 5.29. The summed E-state index contributed by atoms with van der Waals surface area (Å²) in [4.78, 5) is 17.5. The number of carbonyl (C=O) groups is 1. The first-order chi connectivity index (χ1) is 14.6. The van der Waals surface area contributed by atoms with Crippen LogP contribution in [0, 0.1) is 0 Å². The Kier molecular flexibility index (Phi) is 7.19. The van der Waals surface area contributed by atoms with Crippen molar-refractivity contribution in [3.63, 3.8) is 0 Å². The number of methoxy groups -OCH3 is 1. The Morgan fingerprint density at radius 1 is 1.10 bits per heavy atom. The standard InChI is InChI=1S/C23H23NO5S/c1-4-28-18-13-15(11-12-17(18)27-3)14-19-21(25)20(23(26)29-5-2)22(30-19)24-16-9-7-6-8-10-16/h6-14,25H,4-5H2,1-3H3/b19-14-,24-22?. The minimum atomic E-state index is -0.606. The van der Waals surface area contributed by atoms with Crippen molar-refractivity contribution in [2.24, 2.45) is 4.99 Å². The number of aliphatic hydroxyl groups is 1. The lowest BCUT2D eigenvalue weighted by Crippen LogP contribution is -2.12. The van der Waals surface area contributed by atoms with Crippen molar-refractivity contribution in [3.05, 3.63) is 70.3 Å². The molecule has 0 spiro atoms. The number of thioether (sulfide) groups is 1. The van der Waals surface area contributed by atoms with Crippen LogP contribution in [0.2, 0.25) is 0 Å². The first-order valence-electron chi connectivity index (χ1n) is 9.52. The van der Waals surface area contributed by atoms with E-state index in [1.807, 2.05) is 49.4 Å². The van der Waals surface area contributed by atoms with Crippen LogP contribution in [-0.4, -0.2) is 36.4 Å². The lowest BCUT2D eigenvalue weighted by Gasteiger charge is -2.10. The highest BCUT2D eigenvalue weighted by Crippen LogP contribution is 2.41. The van der Waals surface area contributed by atoms with E-state index in [0.29, 0.717) is 33.7 Å². The second-order valence-electron chi connectivity index (χ2n) is 6.15. The molecule has 0 unspecified atom stereocenters. The first kappa shape index (κ1) is 21.5. The average molecular weight is 426 g/mol. The predicted molar refractivity (Wildman–Crippen MR) is 120 cm³/mol. The van der Waals surface area contributed by atoms with Crippen LogP contribution in [0.15, 0.2) is 69.8 Å². The van der Waals surface area contributed by atoms with Crippen LogP contribution in [0.4, 0.5) is 5.69 Å². The molecule has 30 heavy (non-hydrogen) atoms. The molecule has 0 bridgehead atoms. The van der Waals surface area contributed by atoms with Gasteiger partial charge in [-0.1, -0.05) is 36.0 Å². The van der Waals surface area contributed by atoms with Crippen molar-refractivity contribution in [1.29, 1.82) is 0 Å². The van der Waals surface area contributed by atoms with E-state index >= 15 is 0 Å². The molecule has 0 amide bonds. The third kappa shape index (κ3) is 4.86. The van der Waals surface area contributed by atoms with Crippen LogP contribution in [0.25, 0.3) is 6.08 Å². The van der Waals surface area contributed by atoms with Gasteiger partial charge in [0.2, 0.25) is 0 Å². The van der Waals surface area contributed by atoms with E-state index in [9.17, 15) is 9.90 Å². The Balaban J connectivity index is 2.02. The van der Waals surface area contributed by atoms with Crippen LogP contribution >= 0.6 is 11.8 Å². The molecule has 1 aliphatic rings. The Morgan fingerprint density at radius 3 is 2.53 bits per heavy atom. The summed E-state index contributed by atoms with van der Waals surface area (Å²) in [7, 11) is 1.58. The molecule has 2 aromatic carbocycles. The van der Waals surface area contributed by atoms with Crippen LogP contribution in [-0.2, 0) is 9.53 Å². The molecule has 2 aromatic rings. The molecule has 7 heteroatoms. The van der Waals surface area contributed by atoms with E-state index in [4.69, 9.17) is 14.2 Å². The topological polar surface area (TPSA) is 77.4 Å². The maximum absolute atomic E-state index is 12.5. The molecule has 6 nitrogen and oxygen atoms in total. The SMILES string of the molecule is CCOC(=O)C1=C(O)/C(=C/c2ccc(OC)c(OCC)c2)SC1=Nc1ccccc1. The molecule has 0 fully saturated rings. The van der Waals surface area contributed by atoms with Crippen LogP contribution < -0.4 is 9.47 Å². The lowest BCUT2D eigenvalue weighted by molar-refractivity contribution is -0.138. The van der Waals surface area contributed by atoms with Gasteiger partial charge in [-0.3, -0.25) is 0 Å². The summed E-state index contributed by atoms with van der Waals surface area (Å²) in [5.74, 6) is 0.466. The molecule has 0 atom stereocenters. The van der Waals surface area contributed by atoms with Crippen LogP contribution in [0.3, 0.4) is 0 Å². The normalized spacial score (nSPS) is 16.2. The van der Waals surface area contributed by atoms with Gasteiger partial charge in [-0.25, -0.2) is 9.79 Å². The molecule has 1 N–H and O–H groups in total. The van der Waals surface area contributed by atoms with Crippen LogP contribution in [0.5, 0.6) is 11.5 Å². The summed E-state index contributed by atoms with van der Waals surface area (Å²) in [6.07, 6.45) is 1.77. The minimum Gasteiger partial charge on any atom is -0.506 e. The molecule has 0 saturated carbocycles. The van der Waals surface area contributed by atoms with Crippen molar-refractivity contribution in [2.45, 2.75) is 13.8 Å². The van der Waals surface area contributed by atoms with Gasteiger partial charge in [-0.05, 0) is 49.8 Å². The zero-order valence-corrected chi connectivity index (χ0v) is 17.9. The summed E-state index contributed by atoms with van der Waals surface area (Å²) in [5, 5.41) is 11.2. The van der Waals surface area contributed by atoms with Gasteiger partial charge in [-0.2, -0.15) is 0 Å². The van der Waals surface area contributed by atoms with Gasteiger partial charge in [0.15, 0.2) is 11.5 Å². The van der Waals surface area contributed by atoms with E-state index in [2.05, 4.69) is 4.99 Å². The maximum Gasteiger partial charge on any atom is 0.344 e. The Morgan fingerprint density at radius 2 is 1.87 bits per heavy atom. The van der Waals surface area contributed by atoms with Gasteiger partial charge in [-0.15, -0.1) is 0 Å². The van der Waals surface area contributed by atoms with E-state index in [0.717, 1.165) is 5.56 Å². The Bertz CT molecular complexity index is 1010. The highest BCUT2D eigenvalue weighted by atomic mass is 32.2. The number of nitrogens with zero attached hydrogens (tertiary/aromatic N) is 1. The van der Waals surface area contributed by atoms with Crippen molar-refractivity contribution >= 4 is 34.5 Å². The molecular weight excluding hydrogens is 402 g/mol. The molecule has 1 aliphatic heterocycles. The molecule has 3 rings (SSSR count). The number of rotatable bonds is 7. The average Bonchev–Trinajstić information content (AvgIpc) is 3.04. The fourth-order valence-electron chi connectivity index (χ4n) is 2.81. The molecule has 1 heterocycles. The largest absolute Gasteiger partial charge is 0.506 e. The minimum absolute atomic E-state index is 0.0653. The zero-order valence-electron chi connectivity index (χ0n) is 17.0. The van der Waals surface area contributed by atoms with Gasteiger partial charge in [0.1, 0.15) is 16.4 Å². The molecule has 0 aliphatic carbocycles. The van der Waals surface area contributed by atoms with E-state index in [-0.39, 0.29) is 17.9 Å². The summed E-state index contributed by atoms with van der Waals surface area (Å²) < 4.78 is 16.1. The number of hydrogen-bond acceptors (Lipinski definition) is 7. The second-order valence-corrected chi connectivity index (χ2v) is 7.18. The van der Waals surface area contributed by atoms with Crippen molar-refractivity contribution in [2.75, 3.05) is 20.3 Å². The smallest absolute Gasteiger partial charge is 0.344 e. The number of carbonyl (C=O) groups excluding carboxylic acids is 1. The first-order valence-corrected chi connectivity index (χ1v) is 10.3. The van der Waals surface area contributed by atoms with Gasteiger partial charge < -0.3 is 19.3 Å². The number of ether oxygens (including phenoxy) is 3. The number of benzene rings is 2. The summed E-state index contributed by atoms with van der Waals surface area (Å²) >= 11 is 1.21. The Hall–Kier alpha value is -3.19. The highest BCUT2D eigenvalue weighted by Gasteiger charge is 2.33. The summed E-state index contributed by atoms with van der Waals surface area (Å²) in [5.41, 5.74) is 1.53. The number of aliphatic imine (C=N–C) groups is 1. The molecular formula is C23H23NO5S. The van der Waals surface area contributed by atoms with Gasteiger partial charge in [0.05, 0.1) is 30.9 Å². The van der Waals surface area contributed by atoms with E-state index < -0.39 is 5.97 Å². The van der Waals surface area contributed by atoms with Crippen LogP contribution in [0.1, 0.15) is 19.4 Å². The molecule has 0 aromatic heterocycles. The molecule has 0 saturated heterocycles. The lowest BCUT2D eigenvalue weighted by atomic mass is 10.1. The van der Waals surface area contributed by atoms with Crippen molar-refractivity contribution in [3.8, 4) is 11.5 Å². The quantitative estimate of drug-likeness (QED) is 0.608. The maximum atomic E-state index is 12.5. The van der Waals surface area contributed by atoms with E-state index in [1.165, 1.54) is 11.8 Å². The third-order valence-electron chi connectivity index (χ3n) is 4.14. The van der Waals surface area contributed by atoms with E-state index in [1.54, 1.807) is 26.2 Å². The monoisotopic (exact) mass is 425 g/mol. The summed E-state index contributed by atoms with van der Waals surface area (Å²) in [6, 6.07) is 14.7. The van der Waals surface area contributed by atoms with Gasteiger partial charge >= 0.3 is 5.97 Å². The van der Waals surface area contributed by atoms with Crippen molar-refractivity contribution in [1.82, 2.24) is 0 Å².